The molecule has 0 saturated carbocycles. The smallest absolute Gasteiger partial charge is 0.317 e. The van der Waals surface area contributed by atoms with Crippen molar-refractivity contribution in [1.29, 1.82) is 0 Å². The number of ether oxygens (including phenoxy) is 1. The number of fused-ring (bicyclic) bond motifs is 1. The Morgan fingerprint density at radius 2 is 1.58 bits per heavy atom. The molecule has 1 aliphatic carbocycles. The van der Waals surface area contributed by atoms with Gasteiger partial charge in [0.05, 0.1) is 59.4 Å². The number of imide groups is 1. The fourth-order valence-corrected chi connectivity index (χ4v) is 6.40. The van der Waals surface area contributed by atoms with Crippen LogP contribution in [0.3, 0.4) is 0 Å². The summed E-state index contributed by atoms with van der Waals surface area (Å²) in [7, 11) is -3.71. The number of carboxylic acids is 1. The maximum atomic E-state index is 14.7. The fraction of sp³-hybridized carbons (Fsp3) is 0.474. The molecular formula is C38H50FN6O13PS. The molecule has 4 N–H and O–H groups in total. The second-order valence-electron chi connectivity index (χ2n) is 13.9. The van der Waals surface area contributed by atoms with Gasteiger partial charge in [0.1, 0.15) is 13.3 Å². The molecule has 3 amide bonds. The lowest BCUT2D eigenvalue weighted by Crippen LogP contribution is -2.39. The lowest BCUT2D eigenvalue weighted by molar-refractivity contribution is -0.392. The van der Waals surface area contributed by atoms with Crippen LogP contribution in [-0.4, -0.2) is 94.3 Å². The number of halogens is 1. The summed E-state index contributed by atoms with van der Waals surface area (Å²) in [4.78, 5) is 88.6. The Morgan fingerprint density at radius 1 is 1.03 bits per heavy atom. The molecule has 3 aliphatic rings. The summed E-state index contributed by atoms with van der Waals surface area (Å²) in [5.41, 5.74) is 1.55. The van der Waals surface area contributed by atoms with Crippen LogP contribution in [0.2, 0.25) is 0 Å². The van der Waals surface area contributed by atoms with E-state index in [9.17, 15) is 53.3 Å². The maximum Gasteiger partial charge on any atom is 0.317 e. The Kier molecular flexibility index (Phi) is 19.3. The first kappa shape index (κ1) is 50.8. The number of nitro benzene ring substituents is 2. The van der Waals surface area contributed by atoms with Gasteiger partial charge in [0.15, 0.2) is 18.1 Å². The SMILES string of the molecule is C#CCN1C(=O)COc2cc(F)c(N3C(=O)C4=C(CCCC4)C3=O)cc21.CCC(CC)Nc1c([N+](=O)[O-])cc(C)c(C)c1[N+](=O)[O-].C[S+](C)C.O=C(O)CNCP(=O)([O-])O. The van der Waals surface area contributed by atoms with Crippen molar-refractivity contribution >= 4 is 70.6 Å². The van der Waals surface area contributed by atoms with E-state index in [2.05, 4.69) is 30.0 Å². The zero-order chi connectivity index (χ0) is 45.6. The molecule has 0 spiro atoms. The second-order valence-corrected chi connectivity index (χ2v) is 18.0. The number of carboxylic acid groups (broad SMARTS) is 1. The minimum Gasteiger partial charge on any atom is -0.778 e. The van der Waals surface area contributed by atoms with Crippen molar-refractivity contribution in [3.05, 3.63) is 66.5 Å². The second kappa shape index (κ2) is 22.8. The standard InChI is InChI=1S/C19H15FN2O4.C13H19N3O4.C3H8NO5P.C3H9S/c1-2-7-21-15-9-14(13(20)8-16(15)26-10-17(21)23)22-18(24)11-5-3-4-6-12(11)19(22)25;1-5-10(6-2)14-12-11(15(17)18)7-8(3)9(4)13(12)16(19)20;5-3(6)1-4-2-10(7,8)9;1-4(2)3/h1,8-9H,3-7,10H2;7,10,14H,5-6H2,1-4H3;4H,1-2H2,(H,5,6)(H2,7,8,9);1-3H3/q;;;+1/p-1. The third-order valence-electron chi connectivity index (χ3n) is 8.95. The quantitative estimate of drug-likeness (QED) is 0.0578. The van der Waals surface area contributed by atoms with Crippen molar-refractivity contribution in [1.82, 2.24) is 5.32 Å². The van der Waals surface area contributed by atoms with E-state index in [4.69, 9.17) is 21.2 Å². The van der Waals surface area contributed by atoms with Crippen LogP contribution in [0.4, 0.5) is 32.8 Å². The molecule has 2 aromatic rings. The van der Waals surface area contributed by atoms with Crippen molar-refractivity contribution in [2.45, 2.75) is 72.3 Å². The van der Waals surface area contributed by atoms with Gasteiger partial charge in [0, 0.05) is 34.9 Å². The maximum absolute atomic E-state index is 14.7. The van der Waals surface area contributed by atoms with E-state index in [1.165, 1.54) is 17.0 Å². The van der Waals surface area contributed by atoms with Gasteiger partial charge in [-0.2, -0.15) is 0 Å². The van der Waals surface area contributed by atoms with Crippen LogP contribution in [0.15, 0.2) is 29.3 Å². The number of carbonyl (C=O) groups excluding carboxylic acids is 3. The summed E-state index contributed by atoms with van der Waals surface area (Å²) < 4.78 is 29.9. The molecule has 0 saturated heterocycles. The molecule has 328 valence electrons. The van der Waals surface area contributed by atoms with Crippen molar-refractivity contribution in [3.8, 4) is 18.1 Å². The van der Waals surface area contributed by atoms with Gasteiger partial charge in [-0.15, -0.1) is 6.42 Å². The number of aryl methyl sites for hydroxylation is 1. The molecule has 1 unspecified atom stereocenters. The van der Waals surface area contributed by atoms with Crippen LogP contribution < -0.4 is 30.1 Å². The number of aliphatic carboxylic acids is 1. The minimum atomic E-state index is -4.35. The van der Waals surface area contributed by atoms with Crippen molar-refractivity contribution in [2.24, 2.45) is 0 Å². The number of rotatable bonds is 12. The minimum absolute atomic E-state index is 0.0109. The van der Waals surface area contributed by atoms with Crippen LogP contribution >= 0.6 is 7.60 Å². The predicted octanol–water partition coefficient (Wildman–Crippen LogP) is 4.31. The van der Waals surface area contributed by atoms with Gasteiger partial charge < -0.3 is 29.5 Å². The molecular weight excluding hydrogens is 830 g/mol. The Labute approximate surface area is 349 Å². The van der Waals surface area contributed by atoms with Gasteiger partial charge in [0.2, 0.25) is 0 Å². The molecule has 2 aromatic carbocycles. The number of hydrogen-bond donors (Lipinski definition) is 4. The third-order valence-corrected chi connectivity index (χ3v) is 9.57. The first-order valence-electron chi connectivity index (χ1n) is 18.5. The van der Waals surface area contributed by atoms with E-state index in [-0.39, 0.29) is 59.3 Å². The van der Waals surface area contributed by atoms with E-state index >= 15 is 0 Å². The topological polar surface area (TPSA) is 275 Å². The lowest BCUT2D eigenvalue weighted by Gasteiger charge is -2.29. The van der Waals surface area contributed by atoms with Crippen LogP contribution in [0.25, 0.3) is 0 Å². The number of amides is 3. The predicted molar refractivity (Wildman–Crippen MR) is 224 cm³/mol. The average Bonchev–Trinajstić information content (AvgIpc) is 3.40. The summed E-state index contributed by atoms with van der Waals surface area (Å²) in [5.74, 6) is -0.767. The first-order chi connectivity index (χ1) is 28.0. The van der Waals surface area contributed by atoms with E-state index < -0.39 is 53.9 Å². The van der Waals surface area contributed by atoms with Crippen LogP contribution in [0.5, 0.6) is 5.75 Å². The van der Waals surface area contributed by atoms with Crippen molar-refractivity contribution < 1.29 is 57.6 Å². The fourth-order valence-electron chi connectivity index (χ4n) is 6.00. The van der Waals surface area contributed by atoms with Gasteiger partial charge in [0.25, 0.3) is 23.4 Å². The highest BCUT2D eigenvalue weighted by Crippen LogP contribution is 2.42. The number of hydrogen-bond acceptors (Lipinski definition) is 13. The Morgan fingerprint density at radius 3 is 2.03 bits per heavy atom. The lowest BCUT2D eigenvalue weighted by atomic mass is 9.93. The summed E-state index contributed by atoms with van der Waals surface area (Å²) >= 11 is 0. The van der Waals surface area contributed by atoms with Crippen LogP contribution in [-0.2, 0) is 34.6 Å². The monoisotopic (exact) mass is 880 g/mol. The summed E-state index contributed by atoms with van der Waals surface area (Å²) in [6, 6.07) is 3.72. The molecule has 2 heterocycles. The Hall–Kier alpha value is -5.39. The van der Waals surface area contributed by atoms with Crippen LogP contribution in [0, 0.1) is 52.2 Å². The molecule has 0 fully saturated rings. The number of nitrogens with one attached hydrogen (secondary N) is 2. The van der Waals surface area contributed by atoms with Gasteiger partial charge in [-0.05, 0) is 74.9 Å². The molecule has 1 atom stereocenters. The average molecular weight is 881 g/mol. The number of anilines is 3. The number of nitrogens with zero attached hydrogens (tertiary/aromatic N) is 4. The van der Waals surface area contributed by atoms with E-state index in [0.29, 0.717) is 46.0 Å². The van der Waals surface area contributed by atoms with E-state index in [1.54, 1.807) is 13.8 Å². The molecule has 19 nitrogen and oxygen atoms in total. The summed E-state index contributed by atoms with van der Waals surface area (Å²) in [5, 5.41) is 35.4. The zero-order valence-corrected chi connectivity index (χ0v) is 36.1. The largest absolute Gasteiger partial charge is 0.778 e. The summed E-state index contributed by atoms with van der Waals surface area (Å²) in [6.45, 7) is 6.36. The van der Waals surface area contributed by atoms with Gasteiger partial charge in [-0.1, -0.05) is 19.8 Å². The van der Waals surface area contributed by atoms with Gasteiger partial charge in [-0.25, -0.2) is 9.29 Å². The molecule has 5 rings (SSSR count). The number of benzene rings is 2. The van der Waals surface area contributed by atoms with Crippen molar-refractivity contribution in [3.63, 3.8) is 0 Å². The molecule has 0 bridgehead atoms. The normalized spacial score (nSPS) is 15.2. The molecule has 60 heavy (non-hydrogen) atoms. The number of nitro groups is 2. The third kappa shape index (κ3) is 13.8. The van der Waals surface area contributed by atoms with Crippen molar-refractivity contribution in [2.75, 3.05) is 59.9 Å². The molecule has 2 aliphatic heterocycles. The highest BCUT2D eigenvalue weighted by Gasteiger charge is 2.42. The molecule has 0 aromatic heterocycles. The Balaban J connectivity index is 0.000000323. The highest BCUT2D eigenvalue weighted by molar-refractivity contribution is 7.94. The first-order valence-corrected chi connectivity index (χ1v) is 22.7. The number of carbonyl (C=O) groups is 4. The van der Waals surface area contributed by atoms with Gasteiger partial charge >= 0.3 is 11.7 Å². The zero-order valence-electron chi connectivity index (χ0n) is 34.4. The molecule has 22 heteroatoms. The number of terminal acetylenes is 1. The summed E-state index contributed by atoms with van der Waals surface area (Å²) in [6.07, 6.45) is 15.4. The highest BCUT2D eigenvalue weighted by atomic mass is 32.2. The van der Waals surface area contributed by atoms with E-state index in [0.717, 1.165) is 36.6 Å². The van der Waals surface area contributed by atoms with Crippen LogP contribution in [0.1, 0.15) is 63.5 Å². The van der Waals surface area contributed by atoms with E-state index in [1.807, 2.05) is 19.2 Å². The molecule has 0 radical (unpaired) electrons. The van der Waals surface area contributed by atoms with Gasteiger partial charge in [-0.3, -0.25) is 49.6 Å². The Bertz CT molecular complexity index is 2070.